The third kappa shape index (κ3) is 3.97. The van der Waals surface area contributed by atoms with E-state index in [1.165, 1.54) is 32.4 Å². The van der Waals surface area contributed by atoms with Crippen molar-refractivity contribution in [3.63, 3.8) is 0 Å². The second kappa shape index (κ2) is 5.00. The molecule has 0 N–H and O–H groups in total. The lowest BCUT2D eigenvalue weighted by molar-refractivity contribution is 0.279. The lowest BCUT2D eigenvalue weighted by Crippen LogP contribution is -2.28. The third-order valence-electron chi connectivity index (χ3n) is 2.15. The maximum absolute atomic E-state index is 5.69. The van der Waals surface area contributed by atoms with Gasteiger partial charge in [0.15, 0.2) is 0 Å². The average molecular weight is 176 g/mol. The molecule has 1 rings (SSSR count). The molecular formula is C9H18ClN. The first kappa shape index (κ1) is 9.34. The van der Waals surface area contributed by atoms with Gasteiger partial charge >= 0.3 is 0 Å². The van der Waals surface area contributed by atoms with Crippen LogP contribution in [-0.2, 0) is 0 Å². The Labute approximate surface area is 74.7 Å². The Bertz CT molecular complexity index is 95.7. The molecule has 1 nitrogen and oxygen atoms in total. The zero-order chi connectivity index (χ0) is 8.10. The molecule has 0 amide bonds. The molecule has 1 aliphatic carbocycles. The van der Waals surface area contributed by atoms with Crippen LogP contribution >= 0.6 is 11.6 Å². The number of rotatable bonds is 6. The molecule has 0 heterocycles. The van der Waals surface area contributed by atoms with Crippen LogP contribution in [0.2, 0.25) is 0 Å². The molecule has 66 valence electrons. The van der Waals surface area contributed by atoms with Crippen molar-refractivity contribution < 1.29 is 0 Å². The highest BCUT2D eigenvalue weighted by Gasteiger charge is 2.23. The molecule has 1 saturated carbocycles. The van der Waals surface area contributed by atoms with Gasteiger partial charge in [-0.15, -0.1) is 11.6 Å². The summed E-state index contributed by atoms with van der Waals surface area (Å²) >= 11 is 5.69. The van der Waals surface area contributed by atoms with Gasteiger partial charge in [-0.3, -0.25) is 0 Å². The van der Waals surface area contributed by atoms with Crippen molar-refractivity contribution in [3.05, 3.63) is 0 Å². The van der Waals surface area contributed by atoms with Crippen molar-refractivity contribution >= 4 is 11.6 Å². The van der Waals surface area contributed by atoms with E-state index in [1.54, 1.807) is 0 Å². The van der Waals surface area contributed by atoms with Gasteiger partial charge in [-0.1, -0.05) is 6.92 Å². The zero-order valence-electron chi connectivity index (χ0n) is 7.35. The van der Waals surface area contributed by atoms with Gasteiger partial charge < -0.3 is 4.90 Å². The Hall–Kier alpha value is 0.250. The summed E-state index contributed by atoms with van der Waals surface area (Å²) in [5.74, 6) is 1.79. The highest BCUT2D eigenvalue weighted by molar-refractivity contribution is 6.18. The normalized spacial score (nSPS) is 17.7. The lowest BCUT2D eigenvalue weighted by Gasteiger charge is -2.19. The Balaban J connectivity index is 2.08. The van der Waals surface area contributed by atoms with E-state index < -0.39 is 0 Å². The Morgan fingerprint density at radius 2 is 2.09 bits per heavy atom. The van der Waals surface area contributed by atoms with Crippen LogP contribution in [0.25, 0.3) is 0 Å². The number of halogens is 1. The first-order valence-electron chi connectivity index (χ1n) is 4.65. The van der Waals surface area contributed by atoms with E-state index in [1.807, 2.05) is 0 Å². The molecule has 0 bridgehead atoms. The average Bonchev–Trinajstić information content (AvgIpc) is 2.73. The van der Waals surface area contributed by atoms with Crippen LogP contribution in [0.15, 0.2) is 0 Å². The highest BCUT2D eigenvalue weighted by atomic mass is 35.5. The van der Waals surface area contributed by atoms with Crippen LogP contribution in [0.4, 0.5) is 0 Å². The van der Waals surface area contributed by atoms with Crippen LogP contribution < -0.4 is 0 Å². The van der Waals surface area contributed by atoms with Gasteiger partial charge in [0.1, 0.15) is 0 Å². The van der Waals surface area contributed by atoms with Crippen molar-refractivity contribution in [2.45, 2.75) is 26.2 Å². The van der Waals surface area contributed by atoms with E-state index in [4.69, 9.17) is 11.6 Å². The van der Waals surface area contributed by atoms with Crippen molar-refractivity contribution in [2.75, 3.05) is 25.5 Å². The molecule has 0 aliphatic heterocycles. The number of nitrogens with zero attached hydrogens (tertiary/aromatic N) is 1. The molecule has 0 saturated heterocycles. The first-order valence-corrected chi connectivity index (χ1v) is 5.18. The molecule has 0 atom stereocenters. The second-order valence-electron chi connectivity index (χ2n) is 3.43. The maximum atomic E-state index is 5.69. The minimum absolute atomic E-state index is 0.784. The van der Waals surface area contributed by atoms with Gasteiger partial charge in [0.2, 0.25) is 0 Å². The Morgan fingerprint density at radius 3 is 2.55 bits per heavy atom. The summed E-state index contributed by atoms with van der Waals surface area (Å²) in [7, 11) is 0. The van der Waals surface area contributed by atoms with Crippen LogP contribution in [0.5, 0.6) is 0 Å². The lowest BCUT2D eigenvalue weighted by atomic mass is 10.3. The standard InChI is InChI=1S/C9H18ClN/c1-2-6-11(7-5-10)8-9-3-4-9/h9H,2-8H2,1H3. The van der Waals surface area contributed by atoms with E-state index >= 15 is 0 Å². The van der Waals surface area contributed by atoms with Gasteiger partial charge in [-0.25, -0.2) is 0 Å². The SMILES string of the molecule is CCCN(CCCl)CC1CC1. The topological polar surface area (TPSA) is 3.24 Å². The van der Waals surface area contributed by atoms with Crippen LogP contribution in [-0.4, -0.2) is 30.4 Å². The predicted octanol–water partition coefficient (Wildman–Crippen LogP) is 2.35. The fourth-order valence-electron chi connectivity index (χ4n) is 1.40. The molecule has 1 aliphatic rings. The van der Waals surface area contributed by atoms with E-state index in [9.17, 15) is 0 Å². The van der Waals surface area contributed by atoms with E-state index in [2.05, 4.69) is 11.8 Å². The monoisotopic (exact) mass is 175 g/mol. The van der Waals surface area contributed by atoms with Crippen molar-refractivity contribution in [1.82, 2.24) is 4.90 Å². The molecule has 0 aromatic heterocycles. The van der Waals surface area contributed by atoms with Crippen LogP contribution in [0.1, 0.15) is 26.2 Å². The quantitative estimate of drug-likeness (QED) is 0.561. The molecular weight excluding hydrogens is 158 g/mol. The summed E-state index contributed by atoms with van der Waals surface area (Å²) in [6.45, 7) is 5.82. The van der Waals surface area contributed by atoms with E-state index in [0.29, 0.717) is 0 Å². The molecule has 0 aromatic rings. The predicted molar refractivity (Wildman–Crippen MR) is 50.2 cm³/mol. The number of hydrogen-bond donors (Lipinski definition) is 0. The number of alkyl halides is 1. The van der Waals surface area contributed by atoms with Crippen molar-refractivity contribution in [1.29, 1.82) is 0 Å². The molecule has 0 aromatic carbocycles. The highest BCUT2D eigenvalue weighted by Crippen LogP contribution is 2.29. The molecule has 0 unspecified atom stereocenters. The molecule has 0 radical (unpaired) electrons. The second-order valence-corrected chi connectivity index (χ2v) is 3.81. The van der Waals surface area contributed by atoms with Crippen molar-refractivity contribution in [3.8, 4) is 0 Å². The Morgan fingerprint density at radius 1 is 1.36 bits per heavy atom. The van der Waals surface area contributed by atoms with Crippen LogP contribution in [0.3, 0.4) is 0 Å². The zero-order valence-corrected chi connectivity index (χ0v) is 8.11. The molecule has 11 heavy (non-hydrogen) atoms. The van der Waals surface area contributed by atoms with Gasteiger partial charge in [0.25, 0.3) is 0 Å². The summed E-state index contributed by atoms with van der Waals surface area (Å²) in [6.07, 6.45) is 4.15. The minimum atomic E-state index is 0.784. The summed E-state index contributed by atoms with van der Waals surface area (Å²) in [5, 5.41) is 0. The third-order valence-corrected chi connectivity index (χ3v) is 2.32. The van der Waals surface area contributed by atoms with E-state index in [-0.39, 0.29) is 0 Å². The van der Waals surface area contributed by atoms with Gasteiger partial charge in [0.05, 0.1) is 0 Å². The van der Waals surface area contributed by atoms with E-state index in [0.717, 1.165) is 18.3 Å². The largest absolute Gasteiger partial charge is 0.302 e. The molecule has 2 heteroatoms. The maximum Gasteiger partial charge on any atom is 0.0351 e. The van der Waals surface area contributed by atoms with Gasteiger partial charge in [0, 0.05) is 19.0 Å². The molecule has 1 fully saturated rings. The fourth-order valence-corrected chi connectivity index (χ4v) is 1.63. The molecule has 0 spiro atoms. The summed E-state index contributed by atoms with van der Waals surface area (Å²) in [5.41, 5.74) is 0. The summed E-state index contributed by atoms with van der Waals surface area (Å²) in [6, 6.07) is 0. The minimum Gasteiger partial charge on any atom is -0.302 e. The smallest absolute Gasteiger partial charge is 0.0351 e. The number of hydrogen-bond acceptors (Lipinski definition) is 1. The first-order chi connectivity index (χ1) is 5.36. The van der Waals surface area contributed by atoms with Gasteiger partial charge in [-0.05, 0) is 31.7 Å². The Kier molecular flexibility index (Phi) is 4.24. The van der Waals surface area contributed by atoms with Crippen molar-refractivity contribution in [2.24, 2.45) is 5.92 Å². The van der Waals surface area contributed by atoms with Crippen LogP contribution in [0, 0.1) is 5.92 Å². The summed E-state index contributed by atoms with van der Waals surface area (Å²) < 4.78 is 0. The summed E-state index contributed by atoms with van der Waals surface area (Å²) in [4.78, 5) is 2.49. The fraction of sp³-hybridized carbons (Fsp3) is 1.00. The van der Waals surface area contributed by atoms with Gasteiger partial charge in [-0.2, -0.15) is 0 Å².